The Morgan fingerprint density at radius 3 is 2.71 bits per heavy atom. The number of hydrogen-bond acceptors (Lipinski definition) is 3. The van der Waals surface area contributed by atoms with Crippen LogP contribution in [0.3, 0.4) is 0 Å². The summed E-state index contributed by atoms with van der Waals surface area (Å²) in [5, 5.41) is 0.537. The minimum absolute atomic E-state index is 0.270. The number of ether oxygens (including phenoxy) is 1. The molecule has 0 aliphatic heterocycles. The molecule has 3 nitrogen and oxygen atoms in total. The van der Waals surface area contributed by atoms with Gasteiger partial charge in [0, 0.05) is 23.3 Å². The molecule has 0 spiro atoms. The van der Waals surface area contributed by atoms with Gasteiger partial charge < -0.3 is 4.74 Å². The molecule has 0 unspecified atom stereocenters. The average molecular weight is 297 g/mol. The number of hydrogen-bond donors (Lipinski definition) is 0. The van der Waals surface area contributed by atoms with Gasteiger partial charge in [-0.15, -0.1) is 0 Å². The van der Waals surface area contributed by atoms with Crippen LogP contribution in [0.15, 0.2) is 36.7 Å². The zero-order valence-corrected chi connectivity index (χ0v) is 10.5. The largest absolute Gasteiger partial charge is 0.485 e. The van der Waals surface area contributed by atoms with E-state index in [1.54, 1.807) is 24.5 Å². The predicted octanol–water partition coefficient (Wildman–Crippen LogP) is 3.09. The maximum Gasteiger partial charge on any atom is 0.166 e. The van der Waals surface area contributed by atoms with Crippen molar-refractivity contribution in [3.05, 3.63) is 53.9 Å². The molecule has 0 saturated carbocycles. The van der Waals surface area contributed by atoms with Gasteiger partial charge in [0.25, 0.3) is 0 Å². The third-order valence-electron chi connectivity index (χ3n) is 2.14. The van der Waals surface area contributed by atoms with Gasteiger partial charge >= 0.3 is 0 Å². The van der Waals surface area contributed by atoms with Crippen molar-refractivity contribution in [1.29, 1.82) is 0 Å². The molecule has 0 amide bonds. The van der Waals surface area contributed by atoms with Gasteiger partial charge in [0.15, 0.2) is 5.82 Å². The number of benzene rings is 1. The van der Waals surface area contributed by atoms with Crippen molar-refractivity contribution in [1.82, 2.24) is 9.97 Å². The molecule has 0 atom stereocenters. The van der Waals surface area contributed by atoms with E-state index >= 15 is 0 Å². The minimum Gasteiger partial charge on any atom is -0.485 e. The van der Waals surface area contributed by atoms with E-state index in [0.717, 1.165) is 5.56 Å². The van der Waals surface area contributed by atoms with Crippen LogP contribution in [0.1, 0.15) is 11.4 Å². The molecule has 5 heteroatoms. The van der Waals surface area contributed by atoms with Crippen LogP contribution < -0.4 is 4.74 Å². The topological polar surface area (TPSA) is 35.0 Å². The fraction of sp³-hybridized carbons (Fsp3) is 0.167. The first-order valence-electron chi connectivity index (χ1n) is 5.02. The van der Waals surface area contributed by atoms with Crippen molar-refractivity contribution in [2.75, 3.05) is 0 Å². The third kappa shape index (κ3) is 3.23. The zero-order valence-electron chi connectivity index (χ0n) is 8.94. The molecule has 0 saturated heterocycles. The molecule has 0 radical (unpaired) electrons. The van der Waals surface area contributed by atoms with Crippen molar-refractivity contribution in [2.24, 2.45) is 0 Å². The number of halogens is 2. The Morgan fingerprint density at radius 1 is 1.24 bits per heavy atom. The van der Waals surface area contributed by atoms with Gasteiger partial charge in [-0.2, -0.15) is 0 Å². The fourth-order valence-corrected chi connectivity index (χ4v) is 1.78. The molecule has 0 bridgehead atoms. The SMILES string of the molecule is Fc1ccc(OCc2ncccn2)c(CBr)c1. The Kier molecular flexibility index (Phi) is 4.03. The quantitative estimate of drug-likeness (QED) is 0.813. The van der Waals surface area contributed by atoms with Gasteiger partial charge in [-0.3, -0.25) is 0 Å². The molecular formula is C12H10BrFN2O. The molecule has 88 valence electrons. The maximum atomic E-state index is 13.0. The molecule has 2 aromatic rings. The van der Waals surface area contributed by atoms with Gasteiger partial charge in [-0.1, -0.05) is 15.9 Å². The molecule has 2 rings (SSSR count). The second-order valence-electron chi connectivity index (χ2n) is 3.34. The first-order valence-corrected chi connectivity index (χ1v) is 6.15. The van der Waals surface area contributed by atoms with Crippen molar-refractivity contribution in [3.63, 3.8) is 0 Å². The molecule has 0 N–H and O–H groups in total. The first-order chi connectivity index (χ1) is 8.29. The molecular weight excluding hydrogens is 287 g/mol. The third-order valence-corrected chi connectivity index (χ3v) is 2.75. The van der Waals surface area contributed by atoms with Crippen molar-refractivity contribution in [3.8, 4) is 5.75 Å². The Balaban J connectivity index is 2.09. The van der Waals surface area contributed by atoms with Crippen LogP contribution in [0.5, 0.6) is 5.75 Å². The number of alkyl halides is 1. The summed E-state index contributed by atoms with van der Waals surface area (Å²) in [6.07, 6.45) is 3.31. The Morgan fingerprint density at radius 2 is 2.00 bits per heavy atom. The lowest BCUT2D eigenvalue weighted by Gasteiger charge is -2.09. The normalized spacial score (nSPS) is 10.2. The summed E-state index contributed by atoms with van der Waals surface area (Å²) in [7, 11) is 0. The Bertz CT molecular complexity index is 493. The summed E-state index contributed by atoms with van der Waals surface area (Å²) >= 11 is 3.29. The number of rotatable bonds is 4. The first kappa shape index (κ1) is 12.0. The smallest absolute Gasteiger partial charge is 0.166 e. The lowest BCUT2D eigenvalue weighted by molar-refractivity contribution is 0.293. The summed E-state index contributed by atoms with van der Waals surface area (Å²) in [5.74, 6) is 0.954. The second-order valence-corrected chi connectivity index (χ2v) is 3.90. The standard InChI is InChI=1S/C12H10BrFN2O/c13-7-9-6-10(14)2-3-11(9)17-8-12-15-4-1-5-16-12/h1-6H,7-8H2. The van der Waals surface area contributed by atoms with E-state index in [4.69, 9.17) is 4.74 Å². The minimum atomic E-state index is -0.275. The van der Waals surface area contributed by atoms with Gasteiger partial charge in [0.1, 0.15) is 18.2 Å². The summed E-state index contributed by atoms with van der Waals surface area (Å²) in [4.78, 5) is 8.09. The summed E-state index contributed by atoms with van der Waals surface area (Å²) in [6, 6.07) is 6.16. The second kappa shape index (κ2) is 5.72. The van der Waals surface area contributed by atoms with Gasteiger partial charge in [0.05, 0.1) is 0 Å². The molecule has 17 heavy (non-hydrogen) atoms. The van der Waals surface area contributed by atoms with Crippen LogP contribution in [0.4, 0.5) is 4.39 Å². The molecule has 0 aliphatic rings. The summed E-state index contributed by atoms with van der Waals surface area (Å²) in [6.45, 7) is 0.270. The lowest BCUT2D eigenvalue weighted by Crippen LogP contribution is -2.02. The molecule has 1 aromatic heterocycles. The zero-order chi connectivity index (χ0) is 12.1. The summed E-state index contributed by atoms with van der Waals surface area (Å²) in [5.41, 5.74) is 0.765. The predicted molar refractivity (Wildman–Crippen MR) is 65.4 cm³/mol. The van der Waals surface area contributed by atoms with Crippen LogP contribution in [-0.4, -0.2) is 9.97 Å². The molecule has 1 heterocycles. The highest BCUT2D eigenvalue weighted by Gasteiger charge is 2.05. The van der Waals surface area contributed by atoms with Crippen molar-refractivity contribution >= 4 is 15.9 Å². The molecule has 0 aliphatic carbocycles. The van der Waals surface area contributed by atoms with E-state index in [-0.39, 0.29) is 12.4 Å². The van der Waals surface area contributed by atoms with Gasteiger partial charge in [-0.25, -0.2) is 14.4 Å². The highest BCUT2D eigenvalue weighted by Crippen LogP contribution is 2.22. The van der Waals surface area contributed by atoms with E-state index in [1.165, 1.54) is 12.1 Å². The van der Waals surface area contributed by atoms with Crippen molar-refractivity contribution in [2.45, 2.75) is 11.9 Å². The Labute approximate surface area is 107 Å². The van der Waals surface area contributed by atoms with Crippen molar-refractivity contribution < 1.29 is 9.13 Å². The number of aromatic nitrogens is 2. The van der Waals surface area contributed by atoms with Crippen LogP contribution in [0.25, 0.3) is 0 Å². The van der Waals surface area contributed by atoms with E-state index in [9.17, 15) is 4.39 Å². The monoisotopic (exact) mass is 296 g/mol. The van der Waals surface area contributed by atoms with E-state index in [1.807, 2.05) is 0 Å². The van der Waals surface area contributed by atoms with E-state index in [0.29, 0.717) is 16.9 Å². The van der Waals surface area contributed by atoms with Gasteiger partial charge in [-0.05, 0) is 24.3 Å². The van der Waals surface area contributed by atoms with E-state index in [2.05, 4.69) is 25.9 Å². The number of nitrogens with zero attached hydrogens (tertiary/aromatic N) is 2. The highest BCUT2D eigenvalue weighted by atomic mass is 79.9. The van der Waals surface area contributed by atoms with Crippen LogP contribution in [0.2, 0.25) is 0 Å². The lowest BCUT2D eigenvalue weighted by atomic mass is 10.2. The van der Waals surface area contributed by atoms with Crippen LogP contribution >= 0.6 is 15.9 Å². The summed E-state index contributed by atoms with van der Waals surface area (Å²) < 4.78 is 18.5. The van der Waals surface area contributed by atoms with Crippen LogP contribution in [-0.2, 0) is 11.9 Å². The maximum absolute atomic E-state index is 13.0. The average Bonchev–Trinajstić information content (AvgIpc) is 2.38. The Hall–Kier alpha value is -1.49. The fourth-order valence-electron chi connectivity index (χ4n) is 1.34. The molecule has 1 aromatic carbocycles. The van der Waals surface area contributed by atoms with Crippen LogP contribution in [0, 0.1) is 5.82 Å². The highest BCUT2D eigenvalue weighted by molar-refractivity contribution is 9.08. The molecule has 0 fully saturated rings. The van der Waals surface area contributed by atoms with E-state index < -0.39 is 0 Å². The van der Waals surface area contributed by atoms with Gasteiger partial charge in [0.2, 0.25) is 0 Å².